The Morgan fingerprint density at radius 1 is 1.40 bits per heavy atom. The summed E-state index contributed by atoms with van der Waals surface area (Å²) in [6.07, 6.45) is 2.55. The maximum absolute atomic E-state index is 4.43. The molecular formula is C13H19NS. The molecule has 0 amide bonds. The molecule has 0 saturated carbocycles. The maximum Gasteiger partial charge on any atom is 0.0323 e. The van der Waals surface area contributed by atoms with Crippen molar-refractivity contribution in [2.45, 2.75) is 43.5 Å². The molecule has 15 heavy (non-hydrogen) atoms. The van der Waals surface area contributed by atoms with Gasteiger partial charge in [-0.2, -0.15) is 0 Å². The van der Waals surface area contributed by atoms with Crippen LogP contribution in [0.5, 0.6) is 0 Å². The zero-order valence-corrected chi connectivity index (χ0v) is 10.3. The van der Waals surface area contributed by atoms with Crippen molar-refractivity contribution in [3.05, 3.63) is 29.3 Å². The molecular weight excluding hydrogens is 202 g/mol. The minimum atomic E-state index is 0.550. The number of hydrogen-bond acceptors (Lipinski definition) is 2. The van der Waals surface area contributed by atoms with Crippen molar-refractivity contribution in [3.8, 4) is 0 Å². The van der Waals surface area contributed by atoms with Crippen molar-refractivity contribution in [2.24, 2.45) is 0 Å². The van der Waals surface area contributed by atoms with Gasteiger partial charge in [0.1, 0.15) is 0 Å². The van der Waals surface area contributed by atoms with E-state index in [0.717, 1.165) is 11.4 Å². The zero-order valence-electron chi connectivity index (χ0n) is 9.46. The van der Waals surface area contributed by atoms with Crippen LogP contribution in [-0.4, -0.2) is 6.54 Å². The molecule has 0 aromatic heterocycles. The number of benzene rings is 1. The highest BCUT2D eigenvalue weighted by Gasteiger charge is 2.20. The van der Waals surface area contributed by atoms with Crippen LogP contribution in [0.1, 0.15) is 49.8 Å². The topological polar surface area (TPSA) is 12.0 Å². The van der Waals surface area contributed by atoms with Crippen molar-refractivity contribution in [3.63, 3.8) is 0 Å². The number of hydrogen-bond donors (Lipinski definition) is 2. The lowest BCUT2D eigenvalue weighted by atomic mass is 9.92. The molecule has 1 aromatic rings. The molecule has 1 heterocycles. The maximum atomic E-state index is 4.43. The first-order valence-corrected chi connectivity index (χ1v) is 6.19. The quantitative estimate of drug-likeness (QED) is 0.728. The van der Waals surface area contributed by atoms with E-state index in [1.54, 1.807) is 0 Å². The summed E-state index contributed by atoms with van der Waals surface area (Å²) in [5, 5.41) is 3.56. The van der Waals surface area contributed by atoms with E-state index in [0.29, 0.717) is 12.0 Å². The second-order valence-electron chi connectivity index (χ2n) is 4.62. The molecule has 1 nitrogen and oxygen atoms in total. The third-order valence-corrected chi connectivity index (χ3v) is 3.41. The van der Waals surface area contributed by atoms with Gasteiger partial charge < -0.3 is 5.32 Å². The van der Waals surface area contributed by atoms with E-state index in [1.807, 2.05) is 0 Å². The largest absolute Gasteiger partial charge is 0.310 e. The Labute approximate surface area is 97.7 Å². The van der Waals surface area contributed by atoms with Crippen LogP contribution >= 0.6 is 12.6 Å². The van der Waals surface area contributed by atoms with E-state index in [9.17, 15) is 0 Å². The van der Waals surface area contributed by atoms with E-state index < -0.39 is 0 Å². The number of thiol groups is 1. The van der Waals surface area contributed by atoms with Gasteiger partial charge in [0.25, 0.3) is 0 Å². The summed E-state index contributed by atoms with van der Waals surface area (Å²) < 4.78 is 0. The van der Waals surface area contributed by atoms with Crippen LogP contribution in [0.25, 0.3) is 0 Å². The number of rotatable bonds is 2. The Morgan fingerprint density at radius 3 is 2.80 bits per heavy atom. The summed E-state index contributed by atoms with van der Waals surface area (Å²) in [4.78, 5) is 1.07. The van der Waals surface area contributed by atoms with E-state index in [2.05, 4.69) is 50.0 Å². The second kappa shape index (κ2) is 4.58. The molecule has 0 bridgehead atoms. The first kappa shape index (κ1) is 11.0. The fourth-order valence-electron chi connectivity index (χ4n) is 2.34. The molecule has 1 unspecified atom stereocenters. The molecule has 2 rings (SSSR count). The minimum Gasteiger partial charge on any atom is -0.310 e. The van der Waals surface area contributed by atoms with Gasteiger partial charge in [-0.3, -0.25) is 0 Å². The first-order valence-electron chi connectivity index (χ1n) is 5.74. The van der Waals surface area contributed by atoms with Crippen LogP contribution in [0.3, 0.4) is 0 Å². The molecule has 1 aromatic carbocycles. The molecule has 1 atom stereocenters. The van der Waals surface area contributed by atoms with Crippen LogP contribution in [0.15, 0.2) is 23.1 Å². The van der Waals surface area contributed by atoms with Gasteiger partial charge in [-0.15, -0.1) is 12.6 Å². The summed E-state index contributed by atoms with van der Waals surface area (Å²) in [7, 11) is 0. The van der Waals surface area contributed by atoms with Crippen molar-refractivity contribution in [1.82, 2.24) is 5.32 Å². The summed E-state index contributed by atoms with van der Waals surface area (Å²) in [6, 6.07) is 7.09. The lowest BCUT2D eigenvalue weighted by Crippen LogP contribution is -2.15. The summed E-state index contributed by atoms with van der Waals surface area (Å²) in [5.74, 6) is 0.594. The average molecular weight is 221 g/mol. The van der Waals surface area contributed by atoms with Gasteiger partial charge in [0, 0.05) is 10.9 Å². The molecule has 0 spiro atoms. The Hall–Kier alpha value is -0.470. The number of nitrogens with one attached hydrogen (secondary N) is 1. The van der Waals surface area contributed by atoms with E-state index >= 15 is 0 Å². The van der Waals surface area contributed by atoms with Crippen LogP contribution < -0.4 is 5.32 Å². The van der Waals surface area contributed by atoms with Crippen molar-refractivity contribution in [1.29, 1.82) is 0 Å². The summed E-state index contributed by atoms with van der Waals surface area (Å²) in [6.45, 7) is 5.66. The SMILES string of the molecule is CC(C)c1ccc(S)cc1C1CCCN1. The predicted octanol–water partition coefficient (Wildman–Crippen LogP) is 3.52. The third kappa shape index (κ3) is 2.37. The molecule has 0 aliphatic carbocycles. The molecule has 2 heteroatoms. The third-order valence-electron chi connectivity index (χ3n) is 3.13. The van der Waals surface area contributed by atoms with Gasteiger partial charge in [0.2, 0.25) is 0 Å². The Morgan fingerprint density at radius 2 is 2.20 bits per heavy atom. The monoisotopic (exact) mass is 221 g/mol. The standard InChI is InChI=1S/C13H19NS/c1-9(2)11-6-5-10(15)8-12(11)13-4-3-7-14-13/h5-6,8-9,13-15H,3-4,7H2,1-2H3. The fourth-order valence-corrected chi connectivity index (χ4v) is 2.55. The molecule has 1 N–H and O–H groups in total. The van der Waals surface area contributed by atoms with Gasteiger partial charge >= 0.3 is 0 Å². The molecule has 1 aliphatic heterocycles. The summed E-state index contributed by atoms with van der Waals surface area (Å²) >= 11 is 4.43. The Bertz CT molecular complexity index is 340. The smallest absolute Gasteiger partial charge is 0.0323 e. The van der Waals surface area contributed by atoms with Gasteiger partial charge in [0.15, 0.2) is 0 Å². The minimum absolute atomic E-state index is 0.550. The van der Waals surface area contributed by atoms with E-state index in [4.69, 9.17) is 0 Å². The predicted molar refractivity (Wildman–Crippen MR) is 67.8 cm³/mol. The molecule has 82 valence electrons. The van der Waals surface area contributed by atoms with Gasteiger partial charge in [0.05, 0.1) is 0 Å². The van der Waals surface area contributed by atoms with Gasteiger partial charge in [-0.05, 0) is 48.6 Å². The highest BCUT2D eigenvalue weighted by molar-refractivity contribution is 7.80. The average Bonchev–Trinajstić information content (AvgIpc) is 2.69. The van der Waals surface area contributed by atoms with Crippen LogP contribution in [-0.2, 0) is 0 Å². The summed E-state index contributed by atoms with van der Waals surface area (Å²) in [5.41, 5.74) is 2.92. The highest BCUT2D eigenvalue weighted by atomic mass is 32.1. The lowest BCUT2D eigenvalue weighted by Gasteiger charge is -2.18. The second-order valence-corrected chi connectivity index (χ2v) is 5.13. The molecule has 1 saturated heterocycles. The normalized spacial score (nSPS) is 21.2. The van der Waals surface area contributed by atoms with Crippen LogP contribution in [0, 0.1) is 0 Å². The fraction of sp³-hybridized carbons (Fsp3) is 0.538. The Kier molecular flexibility index (Phi) is 3.37. The van der Waals surface area contributed by atoms with Crippen LogP contribution in [0.2, 0.25) is 0 Å². The van der Waals surface area contributed by atoms with Crippen molar-refractivity contribution >= 4 is 12.6 Å². The van der Waals surface area contributed by atoms with Crippen molar-refractivity contribution < 1.29 is 0 Å². The van der Waals surface area contributed by atoms with Crippen LogP contribution in [0.4, 0.5) is 0 Å². The van der Waals surface area contributed by atoms with E-state index in [1.165, 1.54) is 24.0 Å². The highest BCUT2D eigenvalue weighted by Crippen LogP contribution is 2.31. The van der Waals surface area contributed by atoms with Crippen molar-refractivity contribution in [2.75, 3.05) is 6.54 Å². The van der Waals surface area contributed by atoms with Gasteiger partial charge in [-0.1, -0.05) is 19.9 Å². The van der Waals surface area contributed by atoms with Gasteiger partial charge in [-0.25, -0.2) is 0 Å². The molecule has 1 fully saturated rings. The van der Waals surface area contributed by atoms with E-state index in [-0.39, 0.29) is 0 Å². The molecule has 0 radical (unpaired) electrons. The zero-order chi connectivity index (χ0) is 10.8. The lowest BCUT2D eigenvalue weighted by molar-refractivity contribution is 0.631. The molecule has 1 aliphatic rings. The Balaban J connectivity index is 2.37. The first-order chi connectivity index (χ1) is 7.18.